The van der Waals surface area contributed by atoms with Crippen LogP contribution in [-0.4, -0.2) is 16.4 Å². The van der Waals surface area contributed by atoms with Crippen LogP contribution in [0.25, 0.3) is 0 Å². The molecule has 36 heavy (non-hydrogen) atoms. The smallest absolute Gasteiger partial charge is 0.251 e. The number of aliphatic imine (C=N–C) groups is 2. The van der Waals surface area contributed by atoms with Crippen LogP contribution in [0.5, 0.6) is 0 Å². The van der Waals surface area contributed by atoms with Crippen LogP contribution in [0.4, 0.5) is 37.7 Å². The Morgan fingerprint density at radius 2 is 1.00 bits per heavy atom. The van der Waals surface area contributed by atoms with Crippen LogP contribution in [0.2, 0.25) is 0 Å². The molecule has 0 saturated heterocycles. The van der Waals surface area contributed by atoms with Gasteiger partial charge in [0.05, 0.1) is 45.3 Å². The summed E-state index contributed by atoms with van der Waals surface area (Å²) in [6.45, 7) is 0. The summed E-state index contributed by atoms with van der Waals surface area (Å²) in [5, 5.41) is 0. The zero-order valence-electron chi connectivity index (χ0n) is 19.0. The molecule has 2 aromatic carbocycles. The van der Waals surface area contributed by atoms with E-state index in [1.165, 1.54) is 36.4 Å². The van der Waals surface area contributed by atoms with E-state index in [1.807, 2.05) is 6.07 Å². The predicted octanol–water partition coefficient (Wildman–Crippen LogP) is 8.03. The summed E-state index contributed by atoms with van der Waals surface area (Å²) in [7, 11) is 0. The Kier molecular flexibility index (Phi) is 6.18. The molecule has 0 atom stereocenters. The fraction of sp³-hybridized carbons (Fsp3) is 0.296. The minimum absolute atomic E-state index is 0.180. The van der Waals surface area contributed by atoms with Crippen molar-refractivity contribution in [2.75, 3.05) is 0 Å². The molecule has 0 radical (unpaired) electrons. The van der Waals surface area contributed by atoms with E-state index in [2.05, 4.69) is 9.98 Å². The molecule has 1 heterocycles. The number of aromatic nitrogens is 1. The molecule has 0 amide bonds. The van der Waals surface area contributed by atoms with E-state index in [0.29, 0.717) is 48.5 Å². The van der Waals surface area contributed by atoms with Crippen molar-refractivity contribution in [2.24, 2.45) is 9.98 Å². The summed E-state index contributed by atoms with van der Waals surface area (Å²) in [5.41, 5.74) is 1.64. The molecule has 0 bridgehead atoms. The molecule has 0 fully saturated rings. The van der Waals surface area contributed by atoms with E-state index < -0.39 is 23.5 Å². The van der Waals surface area contributed by atoms with Gasteiger partial charge < -0.3 is 0 Å². The van der Waals surface area contributed by atoms with Crippen molar-refractivity contribution in [3.63, 3.8) is 0 Å². The maximum atomic E-state index is 13.5. The van der Waals surface area contributed by atoms with Gasteiger partial charge in [0.1, 0.15) is 0 Å². The Labute approximate surface area is 203 Å². The number of alkyl halides is 6. The Balaban J connectivity index is 1.62. The molecule has 0 saturated carbocycles. The molecule has 0 aliphatic heterocycles. The van der Waals surface area contributed by atoms with Gasteiger partial charge in [0.15, 0.2) is 0 Å². The number of benzene rings is 2. The van der Waals surface area contributed by atoms with Gasteiger partial charge in [0, 0.05) is 0 Å². The van der Waals surface area contributed by atoms with Crippen molar-refractivity contribution in [3.05, 3.63) is 88.2 Å². The number of hydrogen-bond acceptors (Lipinski definition) is 3. The number of halogens is 6. The van der Waals surface area contributed by atoms with Crippen LogP contribution in [0.1, 0.15) is 59.3 Å². The van der Waals surface area contributed by atoms with Crippen molar-refractivity contribution in [1.82, 2.24) is 4.98 Å². The normalized spacial score (nSPS) is 18.3. The van der Waals surface area contributed by atoms with E-state index in [-0.39, 0.29) is 11.4 Å². The summed E-state index contributed by atoms with van der Waals surface area (Å²) in [6.07, 6.45) is -5.33. The first-order valence-corrected chi connectivity index (χ1v) is 11.6. The fourth-order valence-corrected chi connectivity index (χ4v) is 4.74. The highest BCUT2D eigenvalue weighted by atomic mass is 19.4. The second-order valence-electron chi connectivity index (χ2n) is 8.86. The van der Waals surface area contributed by atoms with Gasteiger partial charge >= 0.3 is 12.4 Å². The molecular formula is C27H21F6N3. The third-order valence-corrected chi connectivity index (χ3v) is 6.38. The zero-order valence-corrected chi connectivity index (χ0v) is 19.0. The molecule has 0 unspecified atom stereocenters. The third-order valence-electron chi connectivity index (χ3n) is 6.38. The molecule has 0 N–H and O–H groups in total. The average Bonchev–Trinajstić information content (AvgIpc) is 2.83. The quantitative estimate of drug-likeness (QED) is 0.328. The largest absolute Gasteiger partial charge is 0.418 e. The Morgan fingerprint density at radius 1 is 0.583 bits per heavy atom. The summed E-state index contributed by atoms with van der Waals surface area (Å²) < 4.78 is 81.1. The van der Waals surface area contributed by atoms with Crippen molar-refractivity contribution >= 4 is 22.8 Å². The van der Waals surface area contributed by atoms with E-state index in [9.17, 15) is 26.3 Å². The SMILES string of the molecule is FC(F)(F)c1ccccc1/N=C1\CCCc2cc3c(nc21)/C(=N/c1ccccc1C(F)(F)F)CCC3. The van der Waals surface area contributed by atoms with E-state index >= 15 is 0 Å². The summed E-state index contributed by atoms with van der Waals surface area (Å²) in [5.74, 6) is 0. The number of aryl methyl sites for hydroxylation is 2. The molecule has 186 valence electrons. The first kappa shape index (κ1) is 24.2. The van der Waals surface area contributed by atoms with Crippen LogP contribution in [0.15, 0.2) is 64.6 Å². The van der Waals surface area contributed by atoms with Gasteiger partial charge in [-0.05, 0) is 73.9 Å². The lowest BCUT2D eigenvalue weighted by atomic mass is 9.87. The van der Waals surface area contributed by atoms with Gasteiger partial charge in [0.2, 0.25) is 0 Å². The Morgan fingerprint density at radius 3 is 1.42 bits per heavy atom. The van der Waals surface area contributed by atoms with Crippen molar-refractivity contribution in [3.8, 4) is 0 Å². The van der Waals surface area contributed by atoms with Gasteiger partial charge in [0.25, 0.3) is 0 Å². The summed E-state index contributed by atoms with van der Waals surface area (Å²) in [4.78, 5) is 13.5. The topological polar surface area (TPSA) is 37.6 Å². The summed E-state index contributed by atoms with van der Waals surface area (Å²) in [6, 6.07) is 12.2. The summed E-state index contributed by atoms with van der Waals surface area (Å²) >= 11 is 0. The number of nitrogens with zero attached hydrogens (tertiary/aromatic N) is 3. The lowest BCUT2D eigenvalue weighted by Crippen LogP contribution is -2.21. The number of rotatable bonds is 2. The number of para-hydroxylation sites is 2. The number of fused-ring (bicyclic) bond motifs is 2. The van der Waals surface area contributed by atoms with Crippen LogP contribution in [-0.2, 0) is 25.2 Å². The van der Waals surface area contributed by atoms with E-state index in [1.54, 1.807) is 0 Å². The monoisotopic (exact) mass is 501 g/mol. The lowest BCUT2D eigenvalue weighted by Gasteiger charge is -2.24. The van der Waals surface area contributed by atoms with Gasteiger partial charge in [-0.1, -0.05) is 30.3 Å². The standard InChI is InChI=1S/C27H21F6N3/c28-26(29,30)18-9-1-3-11-20(18)34-22-13-5-7-16-15-17-8-6-14-23(25(17)36-24(16)22)35-21-12-4-2-10-19(21)27(31,32)33/h1-4,9-12,15H,5-8,13-14H2/b34-22+,35-23+. The fourth-order valence-electron chi connectivity index (χ4n) is 4.74. The van der Waals surface area contributed by atoms with Crippen molar-refractivity contribution < 1.29 is 26.3 Å². The number of pyridine rings is 1. The molecule has 9 heteroatoms. The van der Waals surface area contributed by atoms with Crippen LogP contribution < -0.4 is 0 Å². The van der Waals surface area contributed by atoms with E-state index in [0.717, 1.165) is 36.1 Å². The maximum absolute atomic E-state index is 13.5. The molecule has 1 aromatic heterocycles. The molecule has 2 aliphatic rings. The molecule has 3 nitrogen and oxygen atoms in total. The highest BCUT2D eigenvalue weighted by molar-refractivity contribution is 6.06. The van der Waals surface area contributed by atoms with Gasteiger partial charge in [-0.2, -0.15) is 26.3 Å². The van der Waals surface area contributed by atoms with Crippen LogP contribution in [0.3, 0.4) is 0 Å². The molecular weight excluding hydrogens is 480 g/mol. The Bertz CT molecular complexity index is 1270. The Hall–Kier alpha value is -3.49. The minimum Gasteiger partial charge on any atom is -0.251 e. The maximum Gasteiger partial charge on any atom is 0.418 e. The van der Waals surface area contributed by atoms with Crippen molar-refractivity contribution in [1.29, 1.82) is 0 Å². The highest BCUT2D eigenvalue weighted by Crippen LogP contribution is 2.39. The van der Waals surface area contributed by atoms with E-state index in [4.69, 9.17) is 4.98 Å². The van der Waals surface area contributed by atoms with Gasteiger partial charge in [-0.25, -0.2) is 4.98 Å². The second kappa shape index (κ2) is 9.19. The molecule has 2 aliphatic carbocycles. The van der Waals surface area contributed by atoms with Gasteiger partial charge in [-0.15, -0.1) is 0 Å². The highest BCUT2D eigenvalue weighted by Gasteiger charge is 2.35. The average molecular weight is 501 g/mol. The minimum atomic E-state index is -4.55. The first-order chi connectivity index (χ1) is 17.1. The zero-order chi connectivity index (χ0) is 25.5. The number of hydrogen-bond donors (Lipinski definition) is 0. The second-order valence-corrected chi connectivity index (χ2v) is 8.86. The predicted molar refractivity (Wildman–Crippen MR) is 125 cm³/mol. The third kappa shape index (κ3) is 4.79. The van der Waals surface area contributed by atoms with Crippen LogP contribution in [0, 0.1) is 0 Å². The van der Waals surface area contributed by atoms with Gasteiger partial charge in [-0.3, -0.25) is 9.98 Å². The van der Waals surface area contributed by atoms with Crippen LogP contribution >= 0.6 is 0 Å². The lowest BCUT2D eigenvalue weighted by molar-refractivity contribution is -0.137. The van der Waals surface area contributed by atoms with Crippen molar-refractivity contribution in [2.45, 2.75) is 50.9 Å². The molecule has 5 rings (SSSR count). The molecule has 3 aromatic rings. The molecule has 0 spiro atoms. The first-order valence-electron chi connectivity index (χ1n) is 11.6.